The number of benzene rings is 1. The molecule has 1 saturated heterocycles. The minimum Gasteiger partial charge on any atom is -0.339 e. The van der Waals surface area contributed by atoms with Crippen molar-refractivity contribution in [1.82, 2.24) is 15.1 Å². The van der Waals surface area contributed by atoms with Crippen LogP contribution in [0.3, 0.4) is 0 Å². The summed E-state index contributed by atoms with van der Waals surface area (Å²) in [6.07, 6.45) is -2.86. The molecule has 1 aliphatic rings. The van der Waals surface area contributed by atoms with Crippen molar-refractivity contribution in [3.8, 4) is 0 Å². The molecule has 1 aromatic carbocycles. The molecule has 138 valence electrons. The van der Waals surface area contributed by atoms with Gasteiger partial charge < -0.3 is 4.90 Å². The van der Waals surface area contributed by atoms with Gasteiger partial charge in [-0.2, -0.15) is 18.3 Å². The first-order chi connectivity index (χ1) is 12.3. The van der Waals surface area contributed by atoms with Gasteiger partial charge in [0, 0.05) is 24.7 Å². The topological polar surface area (TPSA) is 69.3 Å². The zero-order valence-electron chi connectivity index (χ0n) is 13.4. The first kappa shape index (κ1) is 17.9. The van der Waals surface area contributed by atoms with Gasteiger partial charge >= 0.3 is 12.1 Å². The van der Waals surface area contributed by atoms with E-state index in [2.05, 4.69) is 5.10 Å². The molecule has 0 saturated carbocycles. The molecule has 1 aromatic heterocycles. The monoisotopic (exact) mass is 370 g/mol. The van der Waals surface area contributed by atoms with Crippen molar-refractivity contribution in [3.63, 3.8) is 0 Å². The summed E-state index contributed by atoms with van der Waals surface area (Å²) >= 11 is 0. The Balaban J connectivity index is 1.73. The molecule has 10 heteroatoms. The van der Waals surface area contributed by atoms with E-state index in [9.17, 15) is 27.2 Å². The van der Waals surface area contributed by atoms with Crippen molar-refractivity contribution in [1.29, 1.82) is 0 Å². The molecule has 0 bridgehead atoms. The third-order valence-corrected chi connectivity index (χ3v) is 4.01. The summed E-state index contributed by atoms with van der Waals surface area (Å²) in [5.74, 6) is -1.54. The van der Waals surface area contributed by atoms with Crippen LogP contribution in [0.15, 0.2) is 30.3 Å². The van der Waals surface area contributed by atoms with Gasteiger partial charge in [-0.25, -0.2) is 0 Å². The maximum atomic E-state index is 14.2. The second kappa shape index (κ2) is 6.77. The number of likely N-dealkylation sites (tertiary alicyclic amines) is 1. The van der Waals surface area contributed by atoms with Crippen molar-refractivity contribution < 1.29 is 27.2 Å². The Labute approximate surface area is 145 Å². The van der Waals surface area contributed by atoms with E-state index in [1.165, 1.54) is 24.3 Å². The quantitative estimate of drug-likeness (QED) is 0.666. The van der Waals surface area contributed by atoms with Crippen LogP contribution in [-0.4, -0.2) is 40.0 Å². The minimum absolute atomic E-state index is 0.187. The maximum Gasteiger partial charge on any atom is 0.432 e. The highest BCUT2D eigenvalue weighted by molar-refractivity contribution is 6.03. The second-order valence-corrected chi connectivity index (χ2v) is 5.80. The number of hydrogen-bond acceptors (Lipinski definition) is 3. The van der Waals surface area contributed by atoms with Crippen LogP contribution in [-0.2, 0) is 6.18 Å². The second-order valence-electron chi connectivity index (χ2n) is 5.80. The summed E-state index contributed by atoms with van der Waals surface area (Å²) < 4.78 is 51.7. The van der Waals surface area contributed by atoms with Crippen LogP contribution in [0.1, 0.15) is 39.4 Å². The van der Waals surface area contributed by atoms with Crippen LogP contribution in [0.25, 0.3) is 0 Å². The zero-order valence-corrected chi connectivity index (χ0v) is 13.4. The van der Waals surface area contributed by atoms with Gasteiger partial charge in [-0.1, -0.05) is 4.48 Å². The van der Waals surface area contributed by atoms with E-state index < -0.39 is 23.5 Å². The molecule has 0 radical (unpaired) electrons. The molecule has 2 heterocycles. The average molecular weight is 370 g/mol. The Morgan fingerprint density at radius 1 is 1.12 bits per heavy atom. The minimum atomic E-state index is -4.72. The van der Waals surface area contributed by atoms with Gasteiger partial charge in [0.25, 0.3) is 5.91 Å². The predicted octanol–water partition coefficient (Wildman–Crippen LogP) is 3.20. The predicted molar refractivity (Wildman–Crippen MR) is 83.1 cm³/mol. The highest BCUT2D eigenvalue weighted by Crippen LogP contribution is 2.28. The number of carbonyl (C=O) groups is 2. The Morgan fingerprint density at radius 2 is 1.73 bits per heavy atom. The molecule has 0 aliphatic carbocycles. The molecule has 1 N–H and O–H groups in total. The molecule has 0 atom stereocenters. The molecule has 1 fully saturated rings. The van der Waals surface area contributed by atoms with Crippen LogP contribution in [0, 0.1) is 0 Å². The summed E-state index contributed by atoms with van der Waals surface area (Å²) in [4.78, 5) is 25.8. The van der Waals surface area contributed by atoms with Crippen LogP contribution >= 0.6 is 0 Å². The number of alkyl halides is 3. The fraction of sp³-hybridized carbons (Fsp3) is 0.312. The van der Waals surface area contributed by atoms with E-state index in [0.717, 1.165) is 12.8 Å². The molecule has 26 heavy (non-hydrogen) atoms. The number of hydrogen-bond donors (Lipinski definition) is 1. The zero-order chi connectivity index (χ0) is 18.9. The number of rotatable bonds is 3. The molecule has 6 nitrogen and oxygen atoms in total. The fourth-order valence-corrected chi connectivity index (χ4v) is 2.63. The lowest BCUT2D eigenvalue weighted by Crippen LogP contribution is -2.27. The summed E-state index contributed by atoms with van der Waals surface area (Å²) in [7, 11) is 0. The number of nitrogens with one attached hydrogen (secondary N) is 1. The molecule has 3 rings (SSSR count). The van der Waals surface area contributed by atoms with Gasteiger partial charge in [0.2, 0.25) is 0 Å². The molecule has 2 amide bonds. The van der Waals surface area contributed by atoms with Crippen molar-refractivity contribution in [2.75, 3.05) is 18.2 Å². The SMILES string of the molecule is O=C(c1ccc(N(F)C(=O)c2cc(C(F)(F)F)[nH]n2)cc1)N1CCCC1. The summed E-state index contributed by atoms with van der Waals surface area (Å²) in [5, 5.41) is 4.52. The van der Waals surface area contributed by atoms with Crippen molar-refractivity contribution >= 4 is 17.5 Å². The number of carbonyl (C=O) groups excluding carboxylic acids is 2. The number of halogens is 4. The van der Waals surface area contributed by atoms with Crippen molar-refractivity contribution in [3.05, 3.63) is 47.3 Å². The molecule has 1 aliphatic heterocycles. The molecular weight excluding hydrogens is 356 g/mol. The highest BCUT2D eigenvalue weighted by Gasteiger charge is 2.34. The largest absolute Gasteiger partial charge is 0.432 e. The van der Waals surface area contributed by atoms with Gasteiger partial charge in [0.05, 0.1) is 5.69 Å². The Bertz CT molecular complexity index is 810. The number of aromatic nitrogens is 2. The van der Waals surface area contributed by atoms with E-state index in [1.54, 1.807) is 10.00 Å². The van der Waals surface area contributed by atoms with Crippen LogP contribution in [0.4, 0.5) is 23.3 Å². The third-order valence-electron chi connectivity index (χ3n) is 4.01. The average Bonchev–Trinajstić information content (AvgIpc) is 3.31. The summed E-state index contributed by atoms with van der Waals surface area (Å²) in [6.45, 7) is 1.32. The maximum absolute atomic E-state index is 14.2. The molecule has 0 unspecified atom stereocenters. The third kappa shape index (κ3) is 3.53. The van der Waals surface area contributed by atoms with E-state index in [4.69, 9.17) is 0 Å². The summed E-state index contributed by atoms with van der Waals surface area (Å²) in [5.41, 5.74) is -1.84. The van der Waals surface area contributed by atoms with Crippen LogP contribution < -0.4 is 5.12 Å². The first-order valence-electron chi connectivity index (χ1n) is 7.79. The number of nitrogens with zero attached hydrogens (tertiary/aromatic N) is 3. The lowest BCUT2D eigenvalue weighted by Gasteiger charge is -2.16. The number of H-pyrrole nitrogens is 1. The lowest BCUT2D eigenvalue weighted by molar-refractivity contribution is -0.141. The van der Waals surface area contributed by atoms with Gasteiger partial charge in [0.1, 0.15) is 5.69 Å². The van der Waals surface area contributed by atoms with E-state index in [1.807, 2.05) is 0 Å². The lowest BCUT2D eigenvalue weighted by atomic mass is 10.2. The van der Waals surface area contributed by atoms with Gasteiger partial charge in [-0.05, 0) is 37.1 Å². The number of amides is 2. The Hall–Kier alpha value is -2.91. The Kier molecular flexibility index (Phi) is 4.66. The van der Waals surface area contributed by atoms with Crippen LogP contribution in [0.2, 0.25) is 0 Å². The van der Waals surface area contributed by atoms with Gasteiger partial charge in [-0.3, -0.25) is 14.7 Å². The molecule has 0 spiro atoms. The van der Waals surface area contributed by atoms with Crippen molar-refractivity contribution in [2.24, 2.45) is 0 Å². The smallest absolute Gasteiger partial charge is 0.339 e. The highest BCUT2D eigenvalue weighted by atomic mass is 19.4. The molecular formula is C16H14F4N4O2. The Morgan fingerprint density at radius 3 is 2.27 bits per heavy atom. The summed E-state index contributed by atoms with van der Waals surface area (Å²) in [6, 6.07) is 5.57. The van der Waals surface area contributed by atoms with Crippen LogP contribution in [0.5, 0.6) is 0 Å². The standard InChI is InChI=1S/C16H14F4N4O2/c17-16(18,19)13-9-12(21-22-13)15(26)24(20)11-5-3-10(4-6-11)14(25)23-7-1-2-8-23/h3-6,9H,1-2,7-8H2,(H,21,22). The fourth-order valence-electron chi connectivity index (χ4n) is 2.63. The van der Waals surface area contributed by atoms with E-state index in [0.29, 0.717) is 24.7 Å². The van der Waals surface area contributed by atoms with Gasteiger partial charge in [0.15, 0.2) is 5.69 Å². The number of anilines is 1. The van der Waals surface area contributed by atoms with E-state index >= 15 is 0 Å². The van der Waals surface area contributed by atoms with Crippen molar-refractivity contribution in [2.45, 2.75) is 19.0 Å². The number of aromatic amines is 1. The van der Waals surface area contributed by atoms with E-state index in [-0.39, 0.29) is 16.7 Å². The first-order valence-corrected chi connectivity index (χ1v) is 7.79. The van der Waals surface area contributed by atoms with Gasteiger partial charge in [-0.15, -0.1) is 5.12 Å². The normalized spacial score (nSPS) is 14.5. The molecule has 2 aromatic rings.